The standard InChI is InChI=1S/C33H30F2N2O3/c1-20-9-10-22(18-30(20)35)21(2)36-32(38)25-12-14-31-24(17-25)6-5-15-37(31)19-26-16-23(11-13-29(26)34)27-7-3-4-8-28(27)33(39)40/h3-4,7-14,16-18,21H,5-6,15,19H2,1-2H3,(H,36,38)(H,39,40). The van der Waals surface area contributed by atoms with Gasteiger partial charge in [0.1, 0.15) is 11.6 Å². The number of anilines is 1. The van der Waals surface area contributed by atoms with Crippen molar-refractivity contribution in [3.05, 3.63) is 124 Å². The number of carbonyl (C=O) groups is 2. The Kier molecular flexibility index (Phi) is 7.65. The van der Waals surface area contributed by atoms with E-state index in [4.69, 9.17) is 0 Å². The fourth-order valence-corrected chi connectivity index (χ4v) is 5.21. The van der Waals surface area contributed by atoms with E-state index in [0.29, 0.717) is 39.9 Å². The fraction of sp³-hybridized carbons (Fsp3) is 0.212. The molecule has 204 valence electrons. The van der Waals surface area contributed by atoms with Crippen LogP contribution in [0.15, 0.2) is 78.9 Å². The number of benzene rings is 4. The van der Waals surface area contributed by atoms with Gasteiger partial charge < -0.3 is 15.3 Å². The highest BCUT2D eigenvalue weighted by Crippen LogP contribution is 2.32. The highest BCUT2D eigenvalue weighted by molar-refractivity contribution is 5.96. The average Bonchev–Trinajstić information content (AvgIpc) is 2.95. The van der Waals surface area contributed by atoms with Crippen LogP contribution in [0.25, 0.3) is 11.1 Å². The molecule has 1 aliphatic heterocycles. The number of fused-ring (bicyclic) bond motifs is 1. The van der Waals surface area contributed by atoms with Gasteiger partial charge in [-0.15, -0.1) is 0 Å². The first-order valence-electron chi connectivity index (χ1n) is 13.3. The van der Waals surface area contributed by atoms with Gasteiger partial charge in [-0.05, 0) is 97.0 Å². The van der Waals surface area contributed by atoms with E-state index in [2.05, 4.69) is 10.2 Å². The summed E-state index contributed by atoms with van der Waals surface area (Å²) in [5, 5.41) is 12.5. The van der Waals surface area contributed by atoms with E-state index in [1.165, 1.54) is 18.2 Å². The van der Waals surface area contributed by atoms with E-state index in [-0.39, 0.29) is 29.1 Å². The lowest BCUT2D eigenvalue weighted by Crippen LogP contribution is -2.30. The zero-order valence-corrected chi connectivity index (χ0v) is 22.4. The van der Waals surface area contributed by atoms with Crippen molar-refractivity contribution in [1.82, 2.24) is 5.32 Å². The Morgan fingerprint density at radius 2 is 1.77 bits per heavy atom. The lowest BCUT2D eigenvalue weighted by Gasteiger charge is -2.32. The molecule has 0 saturated heterocycles. The average molecular weight is 541 g/mol. The summed E-state index contributed by atoms with van der Waals surface area (Å²) in [5.74, 6) is -1.95. The number of hydrogen-bond acceptors (Lipinski definition) is 3. The van der Waals surface area contributed by atoms with E-state index < -0.39 is 5.97 Å². The molecule has 5 nitrogen and oxygen atoms in total. The molecule has 0 aliphatic carbocycles. The van der Waals surface area contributed by atoms with Gasteiger partial charge in [-0.1, -0.05) is 36.4 Å². The third-order valence-electron chi connectivity index (χ3n) is 7.48. The predicted octanol–water partition coefficient (Wildman–Crippen LogP) is 7.08. The van der Waals surface area contributed by atoms with E-state index >= 15 is 0 Å². The van der Waals surface area contributed by atoms with Crippen LogP contribution in [-0.2, 0) is 13.0 Å². The van der Waals surface area contributed by atoms with Crippen LogP contribution in [0.2, 0.25) is 0 Å². The monoisotopic (exact) mass is 540 g/mol. The second kappa shape index (κ2) is 11.3. The van der Waals surface area contributed by atoms with E-state index in [0.717, 1.165) is 30.6 Å². The van der Waals surface area contributed by atoms with Crippen LogP contribution in [0.4, 0.5) is 14.5 Å². The van der Waals surface area contributed by atoms with Crippen LogP contribution in [0, 0.1) is 18.6 Å². The first-order valence-corrected chi connectivity index (χ1v) is 13.3. The van der Waals surface area contributed by atoms with Crippen molar-refractivity contribution in [1.29, 1.82) is 0 Å². The van der Waals surface area contributed by atoms with Gasteiger partial charge >= 0.3 is 5.97 Å². The lowest BCUT2D eigenvalue weighted by atomic mass is 9.96. The third-order valence-corrected chi connectivity index (χ3v) is 7.48. The Labute approximate surface area is 232 Å². The number of nitrogens with one attached hydrogen (secondary N) is 1. The van der Waals surface area contributed by atoms with Gasteiger partial charge in [0.25, 0.3) is 5.91 Å². The first-order chi connectivity index (χ1) is 19.2. The maximum atomic E-state index is 14.9. The Bertz CT molecular complexity index is 1600. The lowest BCUT2D eigenvalue weighted by molar-refractivity contribution is 0.0697. The van der Waals surface area contributed by atoms with Crippen molar-refractivity contribution < 1.29 is 23.5 Å². The summed E-state index contributed by atoms with van der Waals surface area (Å²) < 4.78 is 28.9. The number of nitrogens with zero attached hydrogens (tertiary/aromatic N) is 1. The topological polar surface area (TPSA) is 69.6 Å². The molecule has 0 saturated carbocycles. The zero-order chi connectivity index (χ0) is 28.4. The molecular formula is C33H30F2N2O3. The molecule has 1 aliphatic rings. The maximum Gasteiger partial charge on any atom is 0.336 e. The molecule has 4 aromatic carbocycles. The molecule has 2 N–H and O–H groups in total. The number of carbonyl (C=O) groups excluding carboxylic acids is 1. The molecule has 1 unspecified atom stereocenters. The minimum absolute atomic E-state index is 0.163. The van der Waals surface area contributed by atoms with Gasteiger partial charge in [0.15, 0.2) is 0 Å². The minimum atomic E-state index is -1.04. The van der Waals surface area contributed by atoms with Crippen molar-refractivity contribution in [2.24, 2.45) is 0 Å². The molecule has 1 heterocycles. The Balaban J connectivity index is 1.35. The number of halogens is 2. The SMILES string of the molecule is Cc1ccc(C(C)NC(=O)c2ccc3c(c2)CCCN3Cc2cc(-c3ccccc3C(=O)O)ccc2F)cc1F. The van der Waals surface area contributed by atoms with Gasteiger partial charge in [0, 0.05) is 29.9 Å². The van der Waals surface area contributed by atoms with Crippen molar-refractivity contribution in [3.63, 3.8) is 0 Å². The van der Waals surface area contributed by atoms with Crippen molar-refractivity contribution in [2.45, 2.75) is 39.3 Å². The number of aryl methyl sites for hydroxylation is 2. The Morgan fingerprint density at radius 3 is 2.55 bits per heavy atom. The molecule has 40 heavy (non-hydrogen) atoms. The van der Waals surface area contributed by atoms with Crippen LogP contribution < -0.4 is 10.2 Å². The molecule has 1 amide bonds. The molecule has 0 aromatic heterocycles. The number of aromatic carboxylic acids is 1. The van der Waals surface area contributed by atoms with Gasteiger partial charge in [0.2, 0.25) is 0 Å². The van der Waals surface area contributed by atoms with Gasteiger partial charge in [-0.2, -0.15) is 0 Å². The number of carboxylic acids is 1. The number of rotatable bonds is 7. The van der Waals surface area contributed by atoms with Crippen LogP contribution in [0.3, 0.4) is 0 Å². The molecule has 4 aromatic rings. The summed E-state index contributed by atoms with van der Waals surface area (Å²) in [6.45, 7) is 4.55. The van der Waals surface area contributed by atoms with Crippen molar-refractivity contribution in [2.75, 3.05) is 11.4 Å². The highest BCUT2D eigenvalue weighted by Gasteiger charge is 2.22. The van der Waals surface area contributed by atoms with Crippen LogP contribution in [-0.4, -0.2) is 23.5 Å². The molecule has 0 bridgehead atoms. The summed E-state index contributed by atoms with van der Waals surface area (Å²) >= 11 is 0. The van der Waals surface area contributed by atoms with Crippen molar-refractivity contribution in [3.8, 4) is 11.1 Å². The second-order valence-electron chi connectivity index (χ2n) is 10.2. The summed E-state index contributed by atoms with van der Waals surface area (Å²) in [5.41, 5.74) is 5.50. The number of hydrogen-bond donors (Lipinski definition) is 2. The molecule has 0 fully saturated rings. The summed E-state index contributed by atoms with van der Waals surface area (Å²) in [6, 6.07) is 21.5. The smallest absolute Gasteiger partial charge is 0.336 e. The summed E-state index contributed by atoms with van der Waals surface area (Å²) in [4.78, 5) is 26.8. The predicted molar refractivity (Wildman–Crippen MR) is 152 cm³/mol. The molecule has 1 atom stereocenters. The van der Waals surface area contributed by atoms with E-state index in [1.54, 1.807) is 49.4 Å². The zero-order valence-electron chi connectivity index (χ0n) is 22.4. The van der Waals surface area contributed by atoms with Crippen LogP contribution in [0.5, 0.6) is 0 Å². The van der Waals surface area contributed by atoms with E-state index in [1.807, 2.05) is 25.1 Å². The molecule has 7 heteroatoms. The van der Waals surface area contributed by atoms with Gasteiger partial charge in [-0.3, -0.25) is 4.79 Å². The summed E-state index contributed by atoms with van der Waals surface area (Å²) in [7, 11) is 0. The van der Waals surface area contributed by atoms with Gasteiger partial charge in [0.05, 0.1) is 11.6 Å². The summed E-state index contributed by atoms with van der Waals surface area (Å²) in [6.07, 6.45) is 1.64. The van der Waals surface area contributed by atoms with E-state index in [9.17, 15) is 23.5 Å². The van der Waals surface area contributed by atoms with Crippen LogP contribution >= 0.6 is 0 Å². The largest absolute Gasteiger partial charge is 0.478 e. The Hall–Kier alpha value is -4.52. The van der Waals surface area contributed by atoms with Crippen LogP contribution in [0.1, 0.15) is 62.4 Å². The maximum absolute atomic E-state index is 14.9. The molecular weight excluding hydrogens is 510 g/mol. The normalized spacial score (nSPS) is 13.4. The number of amides is 1. The fourth-order valence-electron chi connectivity index (χ4n) is 5.21. The molecule has 0 radical (unpaired) electrons. The van der Waals surface area contributed by atoms with Gasteiger partial charge in [-0.25, -0.2) is 13.6 Å². The Morgan fingerprint density at radius 1 is 0.975 bits per heavy atom. The molecule has 5 rings (SSSR count). The second-order valence-corrected chi connectivity index (χ2v) is 10.2. The third kappa shape index (κ3) is 5.59. The quantitative estimate of drug-likeness (QED) is 0.263. The number of carboxylic acid groups (broad SMARTS) is 1. The van der Waals surface area contributed by atoms with Crippen molar-refractivity contribution >= 4 is 17.6 Å². The molecule has 0 spiro atoms. The highest BCUT2D eigenvalue weighted by atomic mass is 19.1. The minimum Gasteiger partial charge on any atom is -0.478 e. The first kappa shape index (κ1) is 27.1.